The lowest BCUT2D eigenvalue weighted by molar-refractivity contribution is 0.468. The van der Waals surface area contributed by atoms with Crippen LogP contribution in [0.3, 0.4) is 0 Å². The summed E-state index contributed by atoms with van der Waals surface area (Å²) in [6.45, 7) is 0. The van der Waals surface area contributed by atoms with E-state index in [-0.39, 0.29) is 5.75 Å². The van der Waals surface area contributed by atoms with Gasteiger partial charge in [0.05, 0.1) is 20.9 Å². The van der Waals surface area contributed by atoms with E-state index in [1.54, 1.807) is 12.3 Å². The van der Waals surface area contributed by atoms with Gasteiger partial charge in [-0.2, -0.15) is 5.10 Å². The highest BCUT2D eigenvalue weighted by Gasteiger charge is 2.12. The number of nitrogens with zero attached hydrogens (tertiary/aromatic N) is 2. The Morgan fingerprint density at radius 3 is 2.62 bits per heavy atom. The van der Waals surface area contributed by atoms with Gasteiger partial charge in [0.25, 0.3) is 0 Å². The van der Waals surface area contributed by atoms with Crippen molar-refractivity contribution in [3.63, 3.8) is 0 Å². The van der Waals surface area contributed by atoms with Crippen molar-refractivity contribution in [2.75, 3.05) is 5.43 Å². The van der Waals surface area contributed by atoms with Gasteiger partial charge in [-0.15, -0.1) is 11.3 Å². The van der Waals surface area contributed by atoms with E-state index in [2.05, 4.69) is 63.3 Å². The van der Waals surface area contributed by atoms with E-state index in [4.69, 9.17) is 0 Å². The number of rotatable bonds is 4. The molecule has 4 nitrogen and oxygen atoms in total. The molecule has 3 rings (SSSR count). The van der Waals surface area contributed by atoms with Gasteiger partial charge in [-0.3, -0.25) is 5.43 Å². The van der Waals surface area contributed by atoms with Crippen molar-refractivity contribution in [3.05, 3.63) is 60.8 Å². The number of hydrazone groups is 1. The van der Waals surface area contributed by atoms with Crippen molar-refractivity contribution in [2.45, 2.75) is 0 Å². The molecule has 0 bridgehead atoms. The molecule has 0 amide bonds. The number of benzene rings is 2. The van der Waals surface area contributed by atoms with E-state index in [0.717, 1.165) is 21.3 Å². The Bertz CT molecular complexity index is 897. The number of aromatic nitrogens is 1. The minimum atomic E-state index is 0.125. The normalized spacial score (nSPS) is 11.1. The largest absolute Gasteiger partial charge is 0.506 e. The number of hydrogen-bond acceptors (Lipinski definition) is 5. The van der Waals surface area contributed by atoms with E-state index in [1.165, 1.54) is 11.3 Å². The van der Waals surface area contributed by atoms with Gasteiger partial charge in [0, 0.05) is 21.0 Å². The molecule has 2 N–H and O–H groups in total. The minimum absolute atomic E-state index is 0.125. The first-order valence-corrected chi connectivity index (χ1v) is 9.98. The van der Waals surface area contributed by atoms with E-state index in [9.17, 15) is 5.11 Å². The topological polar surface area (TPSA) is 57.5 Å². The fourth-order valence-electron chi connectivity index (χ4n) is 1.93. The Morgan fingerprint density at radius 2 is 1.88 bits per heavy atom. The molecule has 0 unspecified atom stereocenters. The van der Waals surface area contributed by atoms with Gasteiger partial charge in [0.1, 0.15) is 5.75 Å². The molecule has 0 aliphatic rings. The molecule has 0 atom stereocenters. The van der Waals surface area contributed by atoms with Crippen molar-refractivity contribution in [1.82, 2.24) is 4.98 Å². The highest BCUT2D eigenvalue weighted by molar-refractivity contribution is 9.11. The van der Waals surface area contributed by atoms with Crippen molar-refractivity contribution in [3.8, 4) is 17.0 Å². The maximum atomic E-state index is 9.95. The third-order valence-electron chi connectivity index (χ3n) is 3.11. The number of halogens is 3. The molecular weight excluding hydrogens is 522 g/mol. The van der Waals surface area contributed by atoms with Gasteiger partial charge in [-0.05, 0) is 37.9 Å². The molecule has 0 radical (unpaired) electrons. The second-order valence-electron chi connectivity index (χ2n) is 4.69. The summed E-state index contributed by atoms with van der Waals surface area (Å²) in [5.74, 6) is 0.125. The van der Waals surface area contributed by atoms with Crippen LogP contribution in [0.5, 0.6) is 5.75 Å². The van der Waals surface area contributed by atoms with E-state index in [0.29, 0.717) is 14.1 Å². The Morgan fingerprint density at radius 1 is 1.12 bits per heavy atom. The van der Waals surface area contributed by atoms with Crippen molar-refractivity contribution >= 4 is 70.5 Å². The molecule has 8 heteroatoms. The number of phenolic OH excluding ortho intramolecular Hbond substituents is 1. The van der Waals surface area contributed by atoms with Crippen LogP contribution in [0.25, 0.3) is 11.3 Å². The van der Waals surface area contributed by atoms with Gasteiger partial charge in [0.2, 0.25) is 5.13 Å². The van der Waals surface area contributed by atoms with E-state index < -0.39 is 0 Å². The number of hydrogen-bond donors (Lipinski definition) is 2. The predicted molar refractivity (Wildman–Crippen MR) is 110 cm³/mol. The molecule has 0 saturated heterocycles. The molecule has 122 valence electrons. The predicted octanol–water partition coefficient (Wildman–Crippen LogP) is 6.25. The highest BCUT2D eigenvalue weighted by atomic mass is 79.9. The second-order valence-corrected chi connectivity index (χ2v) is 8.05. The van der Waals surface area contributed by atoms with Gasteiger partial charge in [0.15, 0.2) is 0 Å². The molecule has 3 aromatic rings. The van der Waals surface area contributed by atoms with Gasteiger partial charge in [-0.1, -0.05) is 46.3 Å². The van der Waals surface area contributed by atoms with Crippen LogP contribution in [-0.2, 0) is 0 Å². The summed E-state index contributed by atoms with van der Waals surface area (Å²) in [4.78, 5) is 4.50. The molecule has 1 aromatic heterocycles. The molecule has 0 saturated carbocycles. The van der Waals surface area contributed by atoms with Crippen molar-refractivity contribution in [1.29, 1.82) is 0 Å². The first-order chi connectivity index (χ1) is 11.6. The number of thiazole rings is 1. The molecular formula is C16H10Br3N3OS. The zero-order valence-corrected chi connectivity index (χ0v) is 17.6. The quantitative estimate of drug-likeness (QED) is 0.309. The molecule has 0 aliphatic carbocycles. The van der Waals surface area contributed by atoms with Crippen LogP contribution in [0.2, 0.25) is 0 Å². The van der Waals surface area contributed by atoms with E-state index in [1.807, 2.05) is 35.7 Å². The van der Waals surface area contributed by atoms with Crippen LogP contribution in [-0.4, -0.2) is 16.3 Å². The zero-order valence-electron chi connectivity index (χ0n) is 12.0. The summed E-state index contributed by atoms with van der Waals surface area (Å²) in [7, 11) is 0. The third-order valence-corrected chi connectivity index (χ3v) is 5.92. The van der Waals surface area contributed by atoms with Crippen molar-refractivity contribution in [2.24, 2.45) is 5.10 Å². The summed E-state index contributed by atoms with van der Waals surface area (Å²) in [6.07, 6.45) is 1.61. The molecule has 0 spiro atoms. The number of phenols is 1. The zero-order chi connectivity index (χ0) is 17.1. The summed E-state index contributed by atoms with van der Waals surface area (Å²) in [5, 5.41) is 16.8. The van der Waals surface area contributed by atoms with Crippen LogP contribution in [0.15, 0.2) is 60.3 Å². The highest BCUT2D eigenvalue weighted by Crippen LogP contribution is 2.38. The SMILES string of the molecule is Oc1c(Br)cc(Br)c(C=NNc2nc(-c3ccccc3)cs2)c1Br. The Balaban J connectivity index is 1.76. The number of aromatic hydroxyl groups is 1. The average Bonchev–Trinajstić information content (AvgIpc) is 3.06. The van der Waals surface area contributed by atoms with Crippen molar-refractivity contribution < 1.29 is 5.11 Å². The summed E-state index contributed by atoms with van der Waals surface area (Å²) in [6, 6.07) is 11.7. The van der Waals surface area contributed by atoms with Crippen LogP contribution < -0.4 is 5.43 Å². The van der Waals surface area contributed by atoms with Gasteiger partial charge in [-0.25, -0.2) is 4.98 Å². The fourth-order valence-corrected chi connectivity index (χ4v) is 4.93. The molecule has 24 heavy (non-hydrogen) atoms. The first-order valence-electron chi connectivity index (χ1n) is 6.72. The lowest BCUT2D eigenvalue weighted by Crippen LogP contribution is -1.93. The average molecular weight is 532 g/mol. The van der Waals surface area contributed by atoms with E-state index >= 15 is 0 Å². The third kappa shape index (κ3) is 3.88. The maximum Gasteiger partial charge on any atom is 0.203 e. The number of nitrogens with one attached hydrogen (secondary N) is 1. The first kappa shape index (κ1) is 17.6. The summed E-state index contributed by atoms with van der Waals surface area (Å²) in [5.41, 5.74) is 5.61. The fraction of sp³-hybridized carbons (Fsp3) is 0. The smallest absolute Gasteiger partial charge is 0.203 e. The molecule has 0 fully saturated rings. The lowest BCUT2D eigenvalue weighted by atomic mass is 10.2. The van der Waals surface area contributed by atoms with Gasteiger partial charge < -0.3 is 5.11 Å². The Hall–Kier alpha value is -1.22. The molecule has 2 aromatic carbocycles. The lowest BCUT2D eigenvalue weighted by Gasteiger charge is -2.06. The molecule has 1 heterocycles. The Kier molecular flexibility index (Phi) is 5.70. The maximum absolute atomic E-state index is 9.95. The number of anilines is 1. The standard InChI is InChI=1S/C16H10Br3N3OS/c17-11-6-12(18)15(23)14(19)10(11)7-20-22-16-21-13(8-24-16)9-4-2-1-3-5-9/h1-8,23H,(H,21,22). The summed E-state index contributed by atoms with van der Waals surface area (Å²) < 4.78 is 1.95. The van der Waals surface area contributed by atoms with Crippen LogP contribution in [0.1, 0.15) is 5.56 Å². The summed E-state index contributed by atoms with van der Waals surface area (Å²) >= 11 is 11.6. The monoisotopic (exact) mass is 529 g/mol. The second kappa shape index (κ2) is 7.77. The van der Waals surface area contributed by atoms with Crippen LogP contribution >= 0.6 is 59.1 Å². The molecule has 0 aliphatic heterocycles. The van der Waals surface area contributed by atoms with Crippen LogP contribution in [0.4, 0.5) is 5.13 Å². The van der Waals surface area contributed by atoms with Gasteiger partial charge >= 0.3 is 0 Å². The Labute approximate surface area is 168 Å². The van der Waals surface area contributed by atoms with Crippen LogP contribution in [0, 0.1) is 0 Å². The minimum Gasteiger partial charge on any atom is -0.506 e.